The Kier molecular flexibility index (Phi) is 4.80. The van der Waals surface area contributed by atoms with Crippen LogP contribution in [0.25, 0.3) is 22.8 Å². The molecule has 0 bridgehead atoms. The number of benzene rings is 2. The van der Waals surface area contributed by atoms with Crippen LogP contribution in [0.5, 0.6) is 0 Å². The molecule has 2 aromatic carbocycles. The van der Waals surface area contributed by atoms with Gasteiger partial charge in [0.05, 0.1) is 4.90 Å². The van der Waals surface area contributed by atoms with E-state index in [4.69, 9.17) is 9.66 Å². The molecular formula is C20H21N3O3S. The van der Waals surface area contributed by atoms with Crippen molar-refractivity contribution in [3.63, 3.8) is 0 Å². The van der Waals surface area contributed by atoms with Crippen molar-refractivity contribution < 1.29 is 12.9 Å². The highest BCUT2D eigenvalue weighted by molar-refractivity contribution is 7.89. The molecule has 4 rings (SSSR count). The molecule has 0 aliphatic heterocycles. The molecule has 0 amide bonds. The third kappa shape index (κ3) is 3.94. The van der Waals surface area contributed by atoms with E-state index in [0.29, 0.717) is 23.2 Å². The van der Waals surface area contributed by atoms with Crippen LogP contribution in [0.15, 0.2) is 57.9 Å². The lowest BCUT2D eigenvalue weighted by molar-refractivity contribution is 0.432. The molecule has 0 radical (unpaired) electrons. The predicted octanol–water partition coefficient (Wildman–Crippen LogP) is 4.10. The second-order valence-electron chi connectivity index (χ2n) is 6.95. The summed E-state index contributed by atoms with van der Waals surface area (Å²) in [7, 11) is -3.72. The summed E-state index contributed by atoms with van der Waals surface area (Å²) < 4.78 is 28.1. The first-order valence-electron chi connectivity index (χ1n) is 9.08. The Bertz CT molecular complexity index is 1020. The minimum absolute atomic E-state index is 0.0493. The van der Waals surface area contributed by atoms with E-state index in [1.165, 1.54) is 49.8 Å². The Balaban J connectivity index is 1.53. The molecule has 1 aliphatic carbocycles. The fraction of sp³-hybridized carbons (Fsp3) is 0.300. The zero-order chi connectivity index (χ0) is 18.9. The van der Waals surface area contributed by atoms with E-state index in [9.17, 15) is 8.42 Å². The number of hydrogen-bond donors (Lipinski definition) is 1. The molecule has 3 aromatic rings. The second-order valence-corrected chi connectivity index (χ2v) is 8.51. The molecule has 1 saturated carbocycles. The molecule has 0 unspecified atom stereocenters. The van der Waals surface area contributed by atoms with Gasteiger partial charge >= 0.3 is 0 Å². The molecule has 0 atom stereocenters. The first kappa shape index (κ1) is 17.9. The topological polar surface area (TPSA) is 99.1 Å². The summed E-state index contributed by atoms with van der Waals surface area (Å²) >= 11 is 0. The lowest BCUT2D eigenvalue weighted by atomic mass is 9.84. The highest BCUT2D eigenvalue weighted by Crippen LogP contribution is 2.33. The average Bonchev–Trinajstić information content (AvgIpc) is 3.18. The van der Waals surface area contributed by atoms with Crippen LogP contribution in [0.1, 0.15) is 43.6 Å². The summed E-state index contributed by atoms with van der Waals surface area (Å²) in [5.74, 6) is 1.50. The Morgan fingerprint density at radius 1 is 0.889 bits per heavy atom. The van der Waals surface area contributed by atoms with Crippen LogP contribution in [0.3, 0.4) is 0 Å². The Hall–Kier alpha value is -2.51. The minimum atomic E-state index is -3.72. The van der Waals surface area contributed by atoms with Crippen LogP contribution in [-0.2, 0) is 10.0 Å². The monoisotopic (exact) mass is 383 g/mol. The maximum Gasteiger partial charge on any atom is 0.258 e. The van der Waals surface area contributed by atoms with Gasteiger partial charge in [0.15, 0.2) is 0 Å². The summed E-state index contributed by atoms with van der Waals surface area (Å²) in [6, 6.07) is 14.4. The van der Waals surface area contributed by atoms with Gasteiger partial charge < -0.3 is 4.52 Å². The molecule has 0 spiro atoms. The van der Waals surface area contributed by atoms with E-state index < -0.39 is 10.0 Å². The van der Waals surface area contributed by atoms with Gasteiger partial charge in [0.1, 0.15) is 0 Å². The van der Waals surface area contributed by atoms with Crippen LogP contribution in [-0.4, -0.2) is 18.6 Å². The van der Waals surface area contributed by atoms with E-state index in [0.717, 1.165) is 5.56 Å². The largest absolute Gasteiger partial charge is 0.334 e. The van der Waals surface area contributed by atoms with Crippen molar-refractivity contribution in [2.45, 2.75) is 42.9 Å². The number of nitrogens with two attached hydrogens (primary N) is 1. The lowest BCUT2D eigenvalue weighted by Crippen LogP contribution is -2.11. The number of rotatable bonds is 4. The summed E-state index contributed by atoms with van der Waals surface area (Å²) in [5, 5.41) is 9.11. The van der Waals surface area contributed by atoms with E-state index in [1.54, 1.807) is 12.1 Å². The van der Waals surface area contributed by atoms with Crippen molar-refractivity contribution in [2.24, 2.45) is 5.14 Å². The Morgan fingerprint density at radius 2 is 1.52 bits per heavy atom. The highest BCUT2D eigenvalue weighted by atomic mass is 32.2. The third-order valence-electron chi connectivity index (χ3n) is 5.10. The molecule has 1 aromatic heterocycles. The number of sulfonamides is 1. The zero-order valence-corrected chi connectivity index (χ0v) is 15.7. The number of hydrogen-bond acceptors (Lipinski definition) is 5. The normalized spacial score (nSPS) is 15.7. The quantitative estimate of drug-likeness (QED) is 0.731. The molecule has 0 saturated heterocycles. The van der Waals surface area contributed by atoms with Crippen molar-refractivity contribution in [1.82, 2.24) is 10.1 Å². The molecule has 1 aliphatic rings. The van der Waals surface area contributed by atoms with Crippen molar-refractivity contribution in [3.8, 4) is 22.8 Å². The van der Waals surface area contributed by atoms with E-state index in [2.05, 4.69) is 22.3 Å². The molecule has 2 N–H and O–H groups in total. The van der Waals surface area contributed by atoms with E-state index in [1.807, 2.05) is 12.1 Å². The van der Waals surface area contributed by atoms with E-state index >= 15 is 0 Å². The summed E-state index contributed by atoms with van der Waals surface area (Å²) in [6.07, 6.45) is 6.49. The SMILES string of the molecule is NS(=O)(=O)c1ccc(-c2noc(-c3ccc(C4CCCCC4)cc3)n2)cc1. The molecule has 1 fully saturated rings. The number of nitrogens with zero attached hydrogens (tertiary/aromatic N) is 2. The van der Waals surface area contributed by atoms with Crippen LogP contribution in [0, 0.1) is 0 Å². The van der Waals surface area contributed by atoms with Gasteiger partial charge in [-0.1, -0.05) is 36.6 Å². The van der Waals surface area contributed by atoms with Crippen LogP contribution < -0.4 is 5.14 Å². The fourth-order valence-electron chi connectivity index (χ4n) is 3.59. The zero-order valence-electron chi connectivity index (χ0n) is 14.8. The molecule has 1 heterocycles. The maximum atomic E-state index is 11.3. The predicted molar refractivity (Wildman–Crippen MR) is 102 cm³/mol. The molecule has 27 heavy (non-hydrogen) atoms. The fourth-order valence-corrected chi connectivity index (χ4v) is 4.10. The smallest absolute Gasteiger partial charge is 0.258 e. The van der Waals surface area contributed by atoms with Crippen molar-refractivity contribution in [2.75, 3.05) is 0 Å². The summed E-state index contributed by atoms with van der Waals surface area (Å²) in [5.41, 5.74) is 2.91. The highest BCUT2D eigenvalue weighted by Gasteiger charge is 2.17. The van der Waals surface area contributed by atoms with Crippen molar-refractivity contribution in [3.05, 3.63) is 54.1 Å². The molecular weight excluding hydrogens is 362 g/mol. The Morgan fingerprint density at radius 3 is 2.15 bits per heavy atom. The molecule has 6 nitrogen and oxygen atoms in total. The van der Waals surface area contributed by atoms with Gasteiger partial charge in [-0.05, 0) is 60.7 Å². The van der Waals surface area contributed by atoms with Crippen LogP contribution >= 0.6 is 0 Å². The number of aromatic nitrogens is 2. The summed E-state index contributed by atoms with van der Waals surface area (Å²) in [6.45, 7) is 0. The summed E-state index contributed by atoms with van der Waals surface area (Å²) in [4.78, 5) is 4.48. The minimum Gasteiger partial charge on any atom is -0.334 e. The third-order valence-corrected chi connectivity index (χ3v) is 6.03. The standard InChI is InChI=1S/C20H21N3O3S/c21-27(24,25)18-12-10-16(11-13-18)19-22-20(26-23-19)17-8-6-15(7-9-17)14-4-2-1-3-5-14/h6-14H,1-5H2,(H2,21,24,25). The Labute approximate surface area is 158 Å². The van der Waals surface area contributed by atoms with Crippen LogP contribution in [0.2, 0.25) is 0 Å². The van der Waals surface area contributed by atoms with Crippen LogP contribution in [0.4, 0.5) is 0 Å². The first-order chi connectivity index (χ1) is 13.0. The van der Waals surface area contributed by atoms with Gasteiger partial charge in [-0.25, -0.2) is 13.6 Å². The van der Waals surface area contributed by atoms with Gasteiger partial charge in [0, 0.05) is 11.1 Å². The van der Waals surface area contributed by atoms with Gasteiger partial charge in [0.2, 0.25) is 15.8 Å². The first-order valence-corrected chi connectivity index (χ1v) is 10.6. The van der Waals surface area contributed by atoms with Gasteiger partial charge in [-0.15, -0.1) is 0 Å². The van der Waals surface area contributed by atoms with Gasteiger partial charge in [-0.2, -0.15) is 4.98 Å². The van der Waals surface area contributed by atoms with E-state index in [-0.39, 0.29) is 4.90 Å². The molecule has 7 heteroatoms. The van der Waals surface area contributed by atoms with Gasteiger partial charge in [0.25, 0.3) is 5.89 Å². The molecule has 140 valence electrons. The lowest BCUT2D eigenvalue weighted by Gasteiger charge is -2.21. The van der Waals surface area contributed by atoms with Gasteiger partial charge in [-0.3, -0.25) is 0 Å². The second kappa shape index (κ2) is 7.25. The number of primary sulfonamides is 1. The maximum absolute atomic E-state index is 11.3. The van der Waals surface area contributed by atoms with Crippen molar-refractivity contribution >= 4 is 10.0 Å². The van der Waals surface area contributed by atoms with Crippen molar-refractivity contribution in [1.29, 1.82) is 0 Å². The average molecular weight is 383 g/mol.